The summed E-state index contributed by atoms with van der Waals surface area (Å²) in [6.45, 7) is 9.23. The third-order valence-corrected chi connectivity index (χ3v) is 5.47. The number of esters is 1. The minimum atomic E-state index is -1.04. The van der Waals surface area contributed by atoms with Crippen LogP contribution in [0.15, 0.2) is 36.4 Å². The van der Waals surface area contributed by atoms with Crippen molar-refractivity contribution in [3.8, 4) is 0 Å². The lowest BCUT2D eigenvalue weighted by Crippen LogP contribution is -2.27. The third kappa shape index (κ3) is 5.70. The summed E-state index contributed by atoms with van der Waals surface area (Å²) in [5.41, 5.74) is 2.60. The molecule has 1 N–H and O–H groups in total. The van der Waals surface area contributed by atoms with E-state index in [1.807, 2.05) is 52.0 Å². The van der Waals surface area contributed by atoms with Crippen molar-refractivity contribution in [3.05, 3.63) is 53.2 Å². The van der Waals surface area contributed by atoms with E-state index in [1.54, 1.807) is 0 Å². The molecule has 0 bridgehead atoms. The molecule has 1 heterocycles. The second-order valence-corrected chi connectivity index (χ2v) is 9.18. The van der Waals surface area contributed by atoms with E-state index >= 15 is 0 Å². The van der Waals surface area contributed by atoms with Crippen molar-refractivity contribution in [1.29, 1.82) is 0 Å². The first-order valence-corrected chi connectivity index (χ1v) is 10.7. The van der Waals surface area contributed by atoms with Gasteiger partial charge in [-0.3, -0.25) is 9.78 Å². The second kappa shape index (κ2) is 9.18. The van der Waals surface area contributed by atoms with Gasteiger partial charge < -0.3 is 14.6 Å². The average Bonchev–Trinajstić information content (AvgIpc) is 2.69. The van der Waals surface area contributed by atoms with Crippen LogP contribution in [0.25, 0.3) is 10.9 Å². The van der Waals surface area contributed by atoms with E-state index < -0.39 is 17.7 Å². The topological polar surface area (TPSA) is 85.7 Å². The number of carbonyl (C=O) groups is 2. The monoisotopic (exact) mass is 425 g/mol. The summed E-state index contributed by atoms with van der Waals surface area (Å²) < 4.78 is 11.1. The number of ether oxygens (including phenoxy) is 2. The van der Waals surface area contributed by atoms with Crippen LogP contribution in [-0.4, -0.2) is 34.2 Å². The molecule has 31 heavy (non-hydrogen) atoms. The number of aryl methyl sites for hydroxylation is 1. The lowest BCUT2D eigenvalue weighted by Gasteiger charge is -2.27. The van der Waals surface area contributed by atoms with Crippen molar-refractivity contribution in [1.82, 2.24) is 4.98 Å². The lowest BCUT2D eigenvalue weighted by molar-refractivity contribution is -0.160. The zero-order valence-corrected chi connectivity index (χ0v) is 18.8. The van der Waals surface area contributed by atoms with Crippen LogP contribution in [0.3, 0.4) is 0 Å². The molecule has 1 aliphatic rings. The van der Waals surface area contributed by atoms with E-state index in [0.717, 1.165) is 35.0 Å². The Kier molecular flexibility index (Phi) is 6.80. The molecule has 0 saturated heterocycles. The van der Waals surface area contributed by atoms with Crippen molar-refractivity contribution in [2.24, 2.45) is 5.92 Å². The Morgan fingerprint density at radius 1 is 1.26 bits per heavy atom. The molecular weight excluding hydrogens is 394 g/mol. The van der Waals surface area contributed by atoms with E-state index in [0.29, 0.717) is 12.2 Å². The Hall–Kier alpha value is -2.73. The van der Waals surface area contributed by atoms with Gasteiger partial charge in [0, 0.05) is 29.8 Å². The number of hydrogen-bond donors (Lipinski definition) is 1. The van der Waals surface area contributed by atoms with Crippen molar-refractivity contribution in [2.75, 3.05) is 6.61 Å². The molecule has 3 atom stereocenters. The molecule has 0 fully saturated rings. The van der Waals surface area contributed by atoms with Crippen LogP contribution in [-0.2, 0) is 19.1 Å². The number of benzene rings is 1. The largest absolute Gasteiger partial charge is 0.479 e. The van der Waals surface area contributed by atoms with Gasteiger partial charge in [-0.25, -0.2) is 4.79 Å². The number of carboxylic acid groups (broad SMARTS) is 1. The summed E-state index contributed by atoms with van der Waals surface area (Å²) in [4.78, 5) is 28.0. The number of hydrogen-bond acceptors (Lipinski definition) is 5. The Morgan fingerprint density at radius 3 is 2.65 bits per heavy atom. The molecule has 3 rings (SSSR count). The quantitative estimate of drug-likeness (QED) is 0.512. The molecule has 0 aliphatic heterocycles. The van der Waals surface area contributed by atoms with Gasteiger partial charge in [0.25, 0.3) is 0 Å². The molecule has 0 radical (unpaired) electrons. The fraction of sp³-hybridized carbons (Fsp3) is 0.480. The van der Waals surface area contributed by atoms with E-state index in [2.05, 4.69) is 12.2 Å². The number of allylic oxidation sites excluding steroid dienone is 2. The van der Waals surface area contributed by atoms with Crippen molar-refractivity contribution in [2.45, 2.75) is 65.1 Å². The van der Waals surface area contributed by atoms with Crippen LogP contribution in [0.4, 0.5) is 0 Å². The summed E-state index contributed by atoms with van der Waals surface area (Å²) in [5, 5.41) is 10.6. The predicted molar refractivity (Wildman–Crippen MR) is 119 cm³/mol. The van der Waals surface area contributed by atoms with Crippen molar-refractivity contribution >= 4 is 22.8 Å². The number of carbonyl (C=O) groups excluding carboxylic acids is 1. The molecule has 166 valence electrons. The SMILES string of the molecule is CC(=O)OCC1CCC=CC1c1ccc2cc(C(OC(C)(C)C)C(=O)O)c(C)cc2n1. The van der Waals surface area contributed by atoms with Crippen LogP contribution in [0.5, 0.6) is 0 Å². The molecule has 1 aromatic carbocycles. The van der Waals surface area contributed by atoms with Gasteiger partial charge in [-0.05, 0) is 69.9 Å². The second-order valence-electron chi connectivity index (χ2n) is 9.18. The van der Waals surface area contributed by atoms with Gasteiger partial charge in [0.2, 0.25) is 0 Å². The summed E-state index contributed by atoms with van der Waals surface area (Å²) >= 11 is 0. The molecular formula is C25H31NO5. The Balaban J connectivity index is 1.95. The van der Waals surface area contributed by atoms with Crippen LogP contribution < -0.4 is 0 Å². The summed E-state index contributed by atoms with van der Waals surface area (Å²) in [7, 11) is 0. The molecule has 2 aromatic rings. The van der Waals surface area contributed by atoms with E-state index in [9.17, 15) is 14.7 Å². The summed E-state index contributed by atoms with van der Waals surface area (Å²) in [6.07, 6.45) is 5.15. The standard InChI is InChI=1S/C25H31NO5/c1-15-12-22-17(13-20(15)23(24(28)29)31-25(3,4)5)10-11-21(26-22)19-9-7-6-8-18(19)14-30-16(2)27/h7,9-13,18-19,23H,6,8,14H2,1-5H3,(H,28,29). The number of nitrogens with zero attached hydrogens (tertiary/aromatic N) is 1. The number of fused-ring (bicyclic) bond motifs is 1. The Bertz CT molecular complexity index is 1000. The highest BCUT2D eigenvalue weighted by Gasteiger charge is 2.29. The number of rotatable bonds is 6. The maximum absolute atomic E-state index is 11.9. The Labute approximate surface area is 183 Å². The highest BCUT2D eigenvalue weighted by atomic mass is 16.5. The van der Waals surface area contributed by atoms with Gasteiger partial charge in [-0.1, -0.05) is 18.2 Å². The number of carboxylic acids is 1. The van der Waals surface area contributed by atoms with E-state index in [1.165, 1.54) is 6.92 Å². The van der Waals surface area contributed by atoms with Gasteiger partial charge in [0.15, 0.2) is 6.10 Å². The lowest BCUT2D eigenvalue weighted by atomic mass is 9.82. The zero-order valence-electron chi connectivity index (χ0n) is 18.8. The minimum absolute atomic E-state index is 0.0773. The fourth-order valence-electron chi connectivity index (χ4n) is 4.02. The highest BCUT2D eigenvalue weighted by molar-refractivity contribution is 5.83. The smallest absolute Gasteiger partial charge is 0.337 e. The van der Waals surface area contributed by atoms with E-state index in [-0.39, 0.29) is 17.8 Å². The number of aromatic nitrogens is 1. The first-order valence-electron chi connectivity index (χ1n) is 10.7. The predicted octanol–water partition coefficient (Wildman–Crippen LogP) is 5.10. The summed E-state index contributed by atoms with van der Waals surface area (Å²) in [6, 6.07) is 7.73. The van der Waals surface area contributed by atoms with Gasteiger partial charge in [0.05, 0.1) is 17.7 Å². The van der Waals surface area contributed by atoms with Crippen LogP contribution in [0.2, 0.25) is 0 Å². The summed E-state index contributed by atoms with van der Waals surface area (Å²) in [5.74, 6) is -1.01. The zero-order chi connectivity index (χ0) is 22.8. The maximum atomic E-state index is 11.9. The molecule has 6 heteroatoms. The third-order valence-electron chi connectivity index (χ3n) is 5.47. The van der Waals surface area contributed by atoms with Crippen molar-refractivity contribution < 1.29 is 24.2 Å². The van der Waals surface area contributed by atoms with Gasteiger partial charge in [-0.2, -0.15) is 0 Å². The molecule has 1 aromatic heterocycles. The van der Waals surface area contributed by atoms with Crippen LogP contribution in [0, 0.1) is 12.8 Å². The Morgan fingerprint density at radius 2 is 2.00 bits per heavy atom. The minimum Gasteiger partial charge on any atom is -0.479 e. The molecule has 1 aliphatic carbocycles. The molecule has 3 unspecified atom stereocenters. The first kappa shape index (κ1) is 22.9. The molecule has 0 spiro atoms. The van der Waals surface area contributed by atoms with Crippen LogP contribution >= 0.6 is 0 Å². The average molecular weight is 426 g/mol. The molecule has 0 saturated carbocycles. The molecule has 6 nitrogen and oxygen atoms in total. The molecule has 0 amide bonds. The van der Waals surface area contributed by atoms with Gasteiger partial charge in [-0.15, -0.1) is 0 Å². The maximum Gasteiger partial charge on any atom is 0.337 e. The number of pyridine rings is 1. The first-order chi connectivity index (χ1) is 14.5. The number of aliphatic carboxylic acids is 1. The van der Waals surface area contributed by atoms with E-state index in [4.69, 9.17) is 14.5 Å². The van der Waals surface area contributed by atoms with Crippen LogP contribution in [0.1, 0.15) is 69.4 Å². The fourth-order valence-corrected chi connectivity index (χ4v) is 4.02. The highest BCUT2D eigenvalue weighted by Crippen LogP contribution is 2.35. The normalized spacial score (nSPS) is 19.9. The van der Waals surface area contributed by atoms with Gasteiger partial charge in [0.1, 0.15) is 0 Å². The van der Waals surface area contributed by atoms with Crippen molar-refractivity contribution in [3.63, 3.8) is 0 Å². The van der Waals surface area contributed by atoms with Gasteiger partial charge >= 0.3 is 11.9 Å².